The summed E-state index contributed by atoms with van der Waals surface area (Å²) in [5.41, 5.74) is 8.08. The monoisotopic (exact) mass is 288 g/mol. The molecule has 0 spiro atoms. The molecule has 2 aromatic rings. The molecule has 4 nitrogen and oxygen atoms in total. The van der Waals surface area contributed by atoms with E-state index in [2.05, 4.69) is 18.0 Å². The van der Waals surface area contributed by atoms with Gasteiger partial charge >= 0.3 is 0 Å². The van der Waals surface area contributed by atoms with Crippen molar-refractivity contribution in [3.63, 3.8) is 0 Å². The third-order valence-electron chi connectivity index (χ3n) is 4.26. The number of rotatable bonds is 8. The van der Waals surface area contributed by atoms with Crippen molar-refractivity contribution in [3.05, 3.63) is 36.1 Å². The highest BCUT2D eigenvalue weighted by atomic mass is 16.5. The maximum atomic E-state index is 5.99. The summed E-state index contributed by atoms with van der Waals surface area (Å²) in [5, 5.41) is 1.15. The number of para-hydroxylation sites is 1. The maximum Gasteiger partial charge on any atom is 0.134 e. The highest BCUT2D eigenvalue weighted by molar-refractivity contribution is 5.81. The van der Waals surface area contributed by atoms with Gasteiger partial charge in [0.05, 0.1) is 18.9 Å². The SMILES string of the molecule is CN(CCOCC1CC1)C(CN)c1coc2ccccc12. The number of fused-ring (bicyclic) bond motifs is 1. The van der Waals surface area contributed by atoms with E-state index in [1.807, 2.05) is 24.5 Å². The predicted molar refractivity (Wildman–Crippen MR) is 84.2 cm³/mol. The number of hydrogen-bond acceptors (Lipinski definition) is 4. The van der Waals surface area contributed by atoms with Crippen LogP contribution in [0.25, 0.3) is 11.0 Å². The fraction of sp³-hybridized carbons (Fsp3) is 0.529. The molecule has 1 saturated carbocycles. The molecular weight excluding hydrogens is 264 g/mol. The number of nitrogens with two attached hydrogens (primary N) is 1. The molecule has 1 atom stereocenters. The molecule has 1 aromatic heterocycles. The number of ether oxygens (including phenoxy) is 1. The lowest BCUT2D eigenvalue weighted by Crippen LogP contribution is -2.33. The fourth-order valence-corrected chi connectivity index (χ4v) is 2.70. The molecule has 1 aliphatic rings. The zero-order chi connectivity index (χ0) is 14.7. The molecule has 0 amide bonds. The molecule has 0 aliphatic heterocycles. The normalized spacial score (nSPS) is 16.7. The van der Waals surface area contributed by atoms with Gasteiger partial charge in [0.15, 0.2) is 0 Å². The third kappa shape index (κ3) is 3.46. The van der Waals surface area contributed by atoms with Crippen molar-refractivity contribution >= 4 is 11.0 Å². The summed E-state index contributed by atoms with van der Waals surface area (Å²) in [7, 11) is 2.10. The molecule has 114 valence electrons. The van der Waals surface area contributed by atoms with Gasteiger partial charge in [-0.2, -0.15) is 0 Å². The Kier molecular flexibility index (Phi) is 4.58. The first-order chi connectivity index (χ1) is 10.3. The summed E-state index contributed by atoms with van der Waals surface area (Å²) in [6.07, 6.45) is 4.51. The van der Waals surface area contributed by atoms with Crippen LogP contribution in [0.5, 0.6) is 0 Å². The number of furan rings is 1. The van der Waals surface area contributed by atoms with E-state index < -0.39 is 0 Å². The van der Waals surface area contributed by atoms with E-state index >= 15 is 0 Å². The summed E-state index contributed by atoms with van der Waals surface area (Å²) in [6.45, 7) is 3.13. The summed E-state index contributed by atoms with van der Waals surface area (Å²) < 4.78 is 11.4. The second-order valence-corrected chi connectivity index (χ2v) is 5.94. The molecule has 0 saturated heterocycles. The first kappa shape index (κ1) is 14.6. The summed E-state index contributed by atoms with van der Waals surface area (Å²) in [6, 6.07) is 8.27. The Bertz CT molecular complexity index is 577. The van der Waals surface area contributed by atoms with Gasteiger partial charge in [-0.1, -0.05) is 18.2 Å². The Morgan fingerprint density at radius 3 is 2.95 bits per heavy atom. The highest BCUT2D eigenvalue weighted by Crippen LogP contribution is 2.30. The lowest BCUT2D eigenvalue weighted by molar-refractivity contribution is 0.0923. The lowest BCUT2D eigenvalue weighted by atomic mass is 10.0. The van der Waals surface area contributed by atoms with Crippen molar-refractivity contribution < 1.29 is 9.15 Å². The van der Waals surface area contributed by atoms with Crippen molar-refractivity contribution in [2.45, 2.75) is 18.9 Å². The summed E-state index contributed by atoms with van der Waals surface area (Å²) >= 11 is 0. The van der Waals surface area contributed by atoms with Crippen LogP contribution in [-0.2, 0) is 4.74 Å². The van der Waals surface area contributed by atoms with E-state index in [4.69, 9.17) is 14.9 Å². The van der Waals surface area contributed by atoms with E-state index in [0.29, 0.717) is 6.54 Å². The van der Waals surface area contributed by atoms with Crippen LogP contribution >= 0.6 is 0 Å². The van der Waals surface area contributed by atoms with E-state index in [-0.39, 0.29) is 6.04 Å². The van der Waals surface area contributed by atoms with Crippen molar-refractivity contribution in [3.8, 4) is 0 Å². The van der Waals surface area contributed by atoms with Crippen molar-refractivity contribution in [1.82, 2.24) is 4.90 Å². The smallest absolute Gasteiger partial charge is 0.134 e. The molecule has 1 heterocycles. The Morgan fingerprint density at radius 1 is 1.38 bits per heavy atom. The van der Waals surface area contributed by atoms with Gasteiger partial charge in [0.2, 0.25) is 0 Å². The Hall–Kier alpha value is -1.36. The minimum atomic E-state index is 0.165. The van der Waals surface area contributed by atoms with Gasteiger partial charge in [-0.15, -0.1) is 0 Å². The second-order valence-electron chi connectivity index (χ2n) is 5.94. The average molecular weight is 288 g/mol. The van der Waals surface area contributed by atoms with Gasteiger partial charge in [-0.05, 0) is 31.9 Å². The lowest BCUT2D eigenvalue weighted by Gasteiger charge is -2.26. The topological polar surface area (TPSA) is 51.6 Å². The Labute approximate surface area is 125 Å². The largest absolute Gasteiger partial charge is 0.464 e. The third-order valence-corrected chi connectivity index (χ3v) is 4.26. The molecule has 3 rings (SSSR count). The second kappa shape index (κ2) is 6.60. The van der Waals surface area contributed by atoms with E-state index in [1.165, 1.54) is 12.8 Å². The first-order valence-corrected chi connectivity index (χ1v) is 7.73. The van der Waals surface area contributed by atoms with Gasteiger partial charge in [-0.3, -0.25) is 4.90 Å². The standard InChI is InChI=1S/C17H24N2O2/c1-19(8-9-20-11-13-6-7-13)16(10-18)15-12-21-17-5-3-2-4-14(15)17/h2-5,12-13,16H,6-11,18H2,1H3. The van der Waals surface area contributed by atoms with Gasteiger partial charge in [-0.25, -0.2) is 0 Å². The zero-order valence-electron chi connectivity index (χ0n) is 12.6. The molecule has 1 aromatic carbocycles. The minimum absolute atomic E-state index is 0.165. The zero-order valence-corrected chi connectivity index (χ0v) is 12.6. The molecule has 0 radical (unpaired) electrons. The summed E-state index contributed by atoms with van der Waals surface area (Å²) in [4.78, 5) is 2.25. The van der Waals surface area contributed by atoms with E-state index in [0.717, 1.165) is 42.2 Å². The molecule has 1 aliphatic carbocycles. The van der Waals surface area contributed by atoms with Crippen LogP contribution < -0.4 is 5.73 Å². The number of likely N-dealkylation sites (N-methyl/N-ethyl adjacent to an activating group) is 1. The van der Waals surface area contributed by atoms with Crippen LogP contribution in [0, 0.1) is 5.92 Å². The number of nitrogens with zero attached hydrogens (tertiary/aromatic N) is 1. The van der Waals surface area contributed by atoms with Crippen LogP contribution in [0.3, 0.4) is 0 Å². The molecule has 4 heteroatoms. The van der Waals surface area contributed by atoms with Gasteiger partial charge < -0.3 is 14.9 Å². The quantitative estimate of drug-likeness (QED) is 0.759. The van der Waals surface area contributed by atoms with Crippen molar-refractivity contribution in [1.29, 1.82) is 0 Å². The van der Waals surface area contributed by atoms with Crippen LogP contribution in [0.4, 0.5) is 0 Å². The first-order valence-electron chi connectivity index (χ1n) is 7.73. The van der Waals surface area contributed by atoms with Crippen LogP contribution in [-0.4, -0.2) is 38.3 Å². The number of hydrogen-bond donors (Lipinski definition) is 1. The molecule has 21 heavy (non-hydrogen) atoms. The van der Waals surface area contributed by atoms with Gasteiger partial charge in [0.25, 0.3) is 0 Å². The molecule has 0 bridgehead atoms. The van der Waals surface area contributed by atoms with Gasteiger partial charge in [0, 0.05) is 30.6 Å². The Morgan fingerprint density at radius 2 is 2.19 bits per heavy atom. The maximum absolute atomic E-state index is 5.99. The van der Waals surface area contributed by atoms with Crippen molar-refractivity contribution in [2.75, 3.05) is 33.4 Å². The molecule has 1 fully saturated rings. The molecule has 2 N–H and O–H groups in total. The number of benzene rings is 1. The average Bonchev–Trinajstić information content (AvgIpc) is 3.24. The molecular formula is C17H24N2O2. The van der Waals surface area contributed by atoms with Crippen LogP contribution in [0.1, 0.15) is 24.4 Å². The highest BCUT2D eigenvalue weighted by Gasteiger charge is 2.22. The minimum Gasteiger partial charge on any atom is -0.464 e. The molecule has 1 unspecified atom stereocenters. The van der Waals surface area contributed by atoms with E-state index in [9.17, 15) is 0 Å². The Balaban J connectivity index is 1.62. The van der Waals surface area contributed by atoms with Gasteiger partial charge in [0.1, 0.15) is 5.58 Å². The summed E-state index contributed by atoms with van der Waals surface area (Å²) in [5.74, 6) is 0.818. The van der Waals surface area contributed by atoms with Crippen LogP contribution in [0.15, 0.2) is 34.9 Å². The predicted octanol–water partition coefficient (Wildman–Crippen LogP) is 2.79. The van der Waals surface area contributed by atoms with E-state index in [1.54, 1.807) is 0 Å². The van der Waals surface area contributed by atoms with Crippen LogP contribution in [0.2, 0.25) is 0 Å². The fourth-order valence-electron chi connectivity index (χ4n) is 2.70. The van der Waals surface area contributed by atoms with Crippen molar-refractivity contribution in [2.24, 2.45) is 11.7 Å².